The molecule has 47 heavy (non-hydrogen) atoms. The van der Waals surface area contributed by atoms with Gasteiger partial charge in [0, 0.05) is 18.4 Å². The van der Waals surface area contributed by atoms with E-state index in [0.717, 1.165) is 44.9 Å². The molecule has 2 amide bonds. The van der Waals surface area contributed by atoms with Gasteiger partial charge in [-0.1, -0.05) is 32.6 Å². The number of aromatic nitrogens is 2. The van der Waals surface area contributed by atoms with Crippen LogP contribution in [0.15, 0.2) is 18.2 Å². The van der Waals surface area contributed by atoms with E-state index in [1.165, 1.54) is 12.0 Å². The van der Waals surface area contributed by atoms with Crippen LogP contribution in [-0.4, -0.2) is 70.6 Å². The van der Waals surface area contributed by atoms with Crippen molar-refractivity contribution in [3.8, 4) is 11.6 Å². The van der Waals surface area contributed by atoms with Crippen molar-refractivity contribution >= 4 is 29.3 Å². The SMILES string of the molecule is COc1ccc2nc3c(nc2c1)O[C@H]1CN(C(=O)[C@H](C2CCCCC2)NC(=O)O[C@]2(C)CCC[C@H]2CCCCC3(F)F)[C@H](C=O)[C@@H]1C. The molecule has 6 atom stereocenters. The summed E-state index contributed by atoms with van der Waals surface area (Å²) in [4.78, 5) is 50.6. The van der Waals surface area contributed by atoms with Crippen LogP contribution in [0, 0.1) is 17.8 Å². The number of hydrogen-bond acceptors (Lipinski definition) is 8. The Labute approximate surface area is 274 Å². The third kappa shape index (κ3) is 6.74. The largest absolute Gasteiger partial charge is 0.497 e. The number of aldehydes is 1. The number of alkyl carbamates (subject to hydrolysis) is 1. The summed E-state index contributed by atoms with van der Waals surface area (Å²) < 4.78 is 49.8. The number of rotatable bonds is 3. The Balaban J connectivity index is 1.40. The molecule has 0 spiro atoms. The van der Waals surface area contributed by atoms with Crippen molar-refractivity contribution in [2.45, 2.75) is 121 Å². The molecule has 0 radical (unpaired) electrons. The number of fused-ring (bicyclic) bond motifs is 5. The summed E-state index contributed by atoms with van der Waals surface area (Å²) in [6, 6.07) is 3.07. The molecule has 12 heteroatoms. The average Bonchev–Trinajstić information content (AvgIpc) is 3.58. The molecule has 2 saturated carbocycles. The van der Waals surface area contributed by atoms with E-state index in [0.29, 0.717) is 36.8 Å². The Morgan fingerprint density at radius 1 is 1.00 bits per heavy atom. The predicted molar refractivity (Wildman–Crippen MR) is 169 cm³/mol. The minimum Gasteiger partial charge on any atom is -0.497 e. The van der Waals surface area contributed by atoms with E-state index in [9.17, 15) is 14.4 Å². The number of benzene rings is 1. The number of hydrogen-bond donors (Lipinski definition) is 1. The van der Waals surface area contributed by atoms with Crippen LogP contribution < -0.4 is 14.8 Å². The van der Waals surface area contributed by atoms with Crippen molar-refractivity contribution in [2.24, 2.45) is 17.8 Å². The number of amides is 2. The number of ether oxygens (including phenoxy) is 3. The van der Waals surface area contributed by atoms with Gasteiger partial charge in [0.2, 0.25) is 11.8 Å². The zero-order chi connectivity index (χ0) is 33.3. The van der Waals surface area contributed by atoms with Crippen LogP contribution in [-0.2, 0) is 20.2 Å². The fourth-order valence-corrected chi connectivity index (χ4v) is 8.22. The first-order valence-corrected chi connectivity index (χ1v) is 17.2. The van der Waals surface area contributed by atoms with Crippen molar-refractivity contribution in [1.29, 1.82) is 0 Å². The van der Waals surface area contributed by atoms with Gasteiger partial charge in [0.05, 0.1) is 30.7 Å². The average molecular weight is 657 g/mol. The molecule has 1 N–H and O–H groups in total. The molecule has 4 aliphatic rings. The van der Waals surface area contributed by atoms with Crippen LogP contribution >= 0.6 is 0 Å². The Kier molecular flexibility index (Phi) is 9.58. The number of nitrogens with zero attached hydrogens (tertiary/aromatic N) is 3. The fourth-order valence-electron chi connectivity index (χ4n) is 8.22. The predicted octanol–water partition coefficient (Wildman–Crippen LogP) is 6.33. The second-order valence-electron chi connectivity index (χ2n) is 14.1. The Morgan fingerprint density at radius 2 is 1.74 bits per heavy atom. The molecule has 2 aromatic rings. The molecule has 3 fully saturated rings. The van der Waals surface area contributed by atoms with Gasteiger partial charge in [-0.3, -0.25) is 4.79 Å². The maximum Gasteiger partial charge on any atom is 0.408 e. The van der Waals surface area contributed by atoms with E-state index < -0.39 is 59.7 Å². The second kappa shape index (κ2) is 13.5. The number of nitrogens with one attached hydrogen (secondary N) is 1. The normalized spacial score (nSPS) is 32.3. The third-order valence-corrected chi connectivity index (χ3v) is 11.1. The number of halogens is 2. The minimum absolute atomic E-state index is 0.0126. The van der Waals surface area contributed by atoms with E-state index >= 15 is 8.78 Å². The monoisotopic (exact) mass is 656 g/mol. The standard InChI is InChI=1S/C35H46F2N4O6/c1-21-27(20-42)41-19-28(21)46-31-30(38-25-15-14-24(45-3)18-26(25)39-31)35(36,37)17-8-7-12-23-13-9-16-34(23,2)47-33(44)40-29(32(41)43)22-10-5-4-6-11-22/h14-15,18,20-23,27-29H,4-13,16-17,19H2,1-3H3,(H,40,44)/t21-,23+,27+,28-,29-,34+/m0/s1. The van der Waals surface area contributed by atoms with Crippen molar-refractivity contribution in [1.82, 2.24) is 20.2 Å². The molecule has 3 heterocycles. The van der Waals surface area contributed by atoms with Crippen LogP contribution in [0.1, 0.15) is 96.6 Å². The summed E-state index contributed by atoms with van der Waals surface area (Å²) in [6.07, 6.45) is 6.96. The first-order chi connectivity index (χ1) is 22.5. The zero-order valence-electron chi connectivity index (χ0n) is 27.5. The summed E-state index contributed by atoms with van der Waals surface area (Å²) >= 11 is 0. The molecule has 1 saturated heterocycles. The topological polar surface area (TPSA) is 120 Å². The van der Waals surface area contributed by atoms with Crippen LogP contribution in [0.4, 0.5) is 13.6 Å². The van der Waals surface area contributed by atoms with Crippen LogP contribution in [0.5, 0.6) is 11.6 Å². The van der Waals surface area contributed by atoms with E-state index in [-0.39, 0.29) is 36.2 Å². The Morgan fingerprint density at radius 3 is 2.49 bits per heavy atom. The van der Waals surface area contributed by atoms with Gasteiger partial charge in [0.15, 0.2) is 5.69 Å². The Bertz CT molecular complexity index is 1490. The van der Waals surface area contributed by atoms with Crippen molar-refractivity contribution in [2.75, 3.05) is 13.7 Å². The van der Waals surface area contributed by atoms with Crippen LogP contribution in [0.25, 0.3) is 11.0 Å². The smallest absolute Gasteiger partial charge is 0.408 e. The summed E-state index contributed by atoms with van der Waals surface area (Å²) in [6.45, 7) is 3.63. The molecule has 6 rings (SSSR count). The fraction of sp³-hybridized carbons (Fsp3) is 0.686. The molecule has 2 bridgehead atoms. The Hall–Kier alpha value is -3.57. The van der Waals surface area contributed by atoms with Gasteiger partial charge in [-0.2, -0.15) is 8.78 Å². The van der Waals surface area contributed by atoms with Gasteiger partial charge < -0.3 is 29.2 Å². The van der Waals surface area contributed by atoms with Gasteiger partial charge in [-0.15, -0.1) is 0 Å². The summed E-state index contributed by atoms with van der Waals surface area (Å²) in [5.41, 5.74) is -0.714. The molecule has 2 aliphatic heterocycles. The van der Waals surface area contributed by atoms with Crippen LogP contribution in [0.3, 0.4) is 0 Å². The quantitative estimate of drug-likeness (QED) is 0.381. The van der Waals surface area contributed by atoms with Gasteiger partial charge in [-0.25, -0.2) is 14.8 Å². The third-order valence-electron chi connectivity index (χ3n) is 11.1. The number of carbonyl (C=O) groups excluding carboxylic acids is 3. The highest BCUT2D eigenvalue weighted by Gasteiger charge is 2.49. The van der Waals surface area contributed by atoms with Crippen LogP contribution in [0.2, 0.25) is 0 Å². The van der Waals surface area contributed by atoms with E-state index in [1.54, 1.807) is 25.1 Å². The van der Waals surface area contributed by atoms with Gasteiger partial charge in [0.1, 0.15) is 29.8 Å². The lowest BCUT2D eigenvalue weighted by Gasteiger charge is -2.36. The highest BCUT2D eigenvalue weighted by molar-refractivity contribution is 5.88. The first kappa shape index (κ1) is 33.3. The molecule has 256 valence electrons. The maximum absolute atomic E-state index is 16.1. The lowest BCUT2D eigenvalue weighted by atomic mass is 9.83. The molecule has 2 aliphatic carbocycles. The summed E-state index contributed by atoms with van der Waals surface area (Å²) in [5.74, 6) is -4.22. The van der Waals surface area contributed by atoms with Gasteiger partial charge in [-0.05, 0) is 75.8 Å². The number of carbonyl (C=O) groups is 3. The molecule has 1 aromatic heterocycles. The minimum atomic E-state index is -3.36. The van der Waals surface area contributed by atoms with E-state index in [1.807, 2.05) is 6.92 Å². The first-order valence-electron chi connectivity index (χ1n) is 17.2. The van der Waals surface area contributed by atoms with Crippen molar-refractivity contribution in [3.63, 3.8) is 0 Å². The number of alkyl halides is 2. The lowest BCUT2D eigenvalue weighted by molar-refractivity contribution is -0.138. The number of methoxy groups -OCH3 is 1. The maximum atomic E-state index is 16.1. The lowest BCUT2D eigenvalue weighted by Crippen LogP contribution is -2.55. The molecule has 10 nitrogen and oxygen atoms in total. The van der Waals surface area contributed by atoms with Crippen molar-refractivity contribution < 1.29 is 37.4 Å². The molecular formula is C35H46F2N4O6. The van der Waals surface area contributed by atoms with Crippen molar-refractivity contribution in [3.05, 3.63) is 23.9 Å². The van der Waals surface area contributed by atoms with E-state index in [4.69, 9.17) is 14.2 Å². The highest BCUT2D eigenvalue weighted by Crippen LogP contribution is 2.44. The summed E-state index contributed by atoms with van der Waals surface area (Å²) in [5, 5.41) is 2.94. The van der Waals surface area contributed by atoms with Gasteiger partial charge in [0.25, 0.3) is 5.92 Å². The molecule has 1 aromatic carbocycles. The molecule has 0 unspecified atom stereocenters. The highest BCUT2D eigenvalue weighted by atomic mass is 19.3. The summed E-state index contributed by atoms with van der Waals surface area (Å²) in [7, 11) is 1.50. The van der Waals surface area contributed by atoms with E-state index in [2.05, 4.69) is 15.3 Å². The molecular weight excluding hydrogens is 610 g/mol. The second-order valence-corrected chi connectivity index (χ2v) is 14.1. The van der Waals surface area contributed by atoms with Gasteiger partial charge >= 0.3 is 6.09 Å². The zero-order valence-corrected chi connectivity index (χ0v) is 27.5.